The first-order chi connectivity index (χ1) is 8.62. The molecule has 1 aromatic rings. The van der Waals surface area contributed by atoms with E-state index in [0.717, 1.165) is 5.56 Å². The third-order valence-electron chi connectivity index (χ3n) is 2.40. The summed E-state index contributed by atoms with van der Waals surface area (Å²) in [6.45, 7) is 5.63. The highest BCUT2D eigenvalue weighted by atomic mass is 19.1. The number of esters is 1. The summed E-state index contributed by atoms with van der Waals surface area (Å²) < 4.78 is 23.6. The Morgan fingerprint density at radius 1 is 1.50 bits per heavy atom. The second kappa shape index (κ2) is 6.79. The van der Waals surface area contributed by atoms with Crippen molar-refractivity contribution in [1.29, 1.82) is 0 Å². The van der Waals surface area contributed by atoms with Gasteiger partial charge in [0.05, 0.1) is 20.1 Å². The summed E-state index contributed by atoms with van der Waals surface area (Å²) >= 11 is 0. The molecule has 4 heteroatoms. The smallest absolute Gasteiger partial charge is 0.310 e. The van der Waals surface area contributed by atoms with Crippen LogP contribution in [0.4, 0.5) is 4.39 Å². The van der Waals surface area contributed by atoms with E-state index in [1.54, 1.807) is 19.1 Å². The molecule has 0 atom stereocenters. The Kier molecular flexibility index (Phi) is 5.36. The van der Waals surface area contributed by atoms with Crippen LogP contribution in [0.3, 0.4) is 0 Å². The van der Waals surface area contributed by atoms with Crippen molar-refractivity contribution in [3.05, 3.63) is 41.7 Å². The van der Waals surface area contributed by atoms with Gasteiger partial charge in [0.2, 0.25) is 0 Å². The molecule has 0 spiro atoms. The number of benzene rings is 1. The summed E-state index contributed by atoms with van der Waals surface area (Å²) in [6.07, 6.45) is 2.21. The van der Waals surface area contributed by atoms with Gasteiger partial charge in [0.15, 0.2) is 11.6 Å². The van der Waals surface area contributed by atoms with Crippen molar-refractivity contribution in [2.45, 2.75) is 19.8 Å². The molecular weight excluding hydrogens is 235 g/mol. The van der Waals surface area contributed by atoms with Crippen molar-refractivity contribution in [1.82, 2.24) is 0 Å². The number of rotatable bonds is 6. The van der Waals surface area contributed by atoms with E-state index in [1.807, 2.05) is 0 Å². The molecule has 0 aliphatic heterocycles. The van der Waals surface area contributed by atoms with Gasteiger partial charge in [-0.05, 0) is 25.0 Å². The minimum atomic E-state index is -0.476. The van der Waals surface area contributed by atoms with Crippen LogP contribution in [0.25, 0.3) is 0 Å². The van der Waals surface area contributed by atoms with E-state index >= 15 is 0 Å². The monoisotopic (exact) mass is 252 g/mol. The second-order valence-electron chi connectivity index (χ2n) is 3.74. The Labute approximate surface area is 106 Å². The fourth-order valence-corrected chi connectivity index (χ4v) is 1.72. The molecule has 18 heavy (non-hydrogen) atoms. The van der Waals surface area contributed by atoms with E-state index in [4.69, 9.17) is 9.47 Å². The zero-order valence-corrected chi connectivity index (χ0v) is 10.7. The van der Waals surface area contributed by atoms with E-state index in [-0.39, 0.29) is 12.2 Å². The zero-order valence-electron chi connectivity index (χ0n) is 10.7. The third-order valence-corrected chi connectivity index (χ3v) is 2.40. The molecule has 0 saturated heterocycles. The summed E-state index contributed by atoms with van der Waals surface area (Å²) in [5.74, 6) is -0.780. The second-order valence-corrected chi connectivity index (χ2v) is 3.74. The van der Waals surface area contributed by atoms with E-state index in [2.05, 4.69) is 6.58 Å². The first-order valence-corrected chi connectivity index (χ1v) is 5.74. The minimum absolute atomic E-state index is 0.00108. The van der Waals surface area contributed by atoms with Crippen LogP contribution in [0.2, 0.25) is 0 Å². The molecule has 0 unspecified atom stereocenters. The number of carbonyl (C=O) groups excluding carboxylic acids is 1. The Morgan fingerprint density at radius 2 is 2.22 bits per heavy atom. The molecule has 0 N–H and O–H groups in total. The van der Waals surface area contributed by atoms with Crippen molar-refractivity contribution in [2.75, 3.05) is 13.7 Å². The highest BCUT2D eigenvalue weighted by Crippen LogP contribution is 2.25. The number of halogens is 1. The minimum Gasteiger partial charge on any atom is -0.493 e. The number of carbonyl (C=O) groups is 1. The average Bonchev–Trinajstić information content (AvgIpc) is 2.29. The van der Waals surface area contributed by atoms with Gasteiger partial charge in [-0.3, -0.25) is 4.79 Å². The topological polar surface area (TPSA) is 35.5 Å². The van der Waals surface area contributed by atoms with Gasteiger partial charge in [0.25, 0.3) is 0 Å². The van der Waals surface area contributed by atoms with Gasteiger partial charge in [-0.1, -0.05) is 12.1 Å². The zero-order chi connectivity index (χ0) is 13.5. The summed E-state index contributed by atoms with van der Waals surface area (Å²) in [5.41, 5.74) is 1.25. The highest BCUT2D eigenvalue weighted by Gasteiger charge is 2.15. The summed E-state index contributed by atoms with van der Waals surface area (Å²) in [5, 5.41) is 0. The normalized spacial score (nSPS) is 9.94. The predicted molar refractivity (Wildman–Crippen MR) is 67.2 cm³/mol. The highest BCUT2D eigenvalue weighted by molar-refractivity contribution is 5.73. The molecule has 0 aliphatic carbocycles. The van der Waals surface area contributed by atoms with Gasteiger partial charge < -0.3 is 9.47 Å². The van der Waals surface area contributed by atoms with Crippen LogP contribution in [-0.4, -0.2) is 19.7 Å². The summed E-state index contributed by atoms with van der Waals surface area (Å²) in [6, 6.07) is 3.12. The number of hydrogen-bond donors (Lipinski definition) is 0. The Morgan fingerprint density at radius 3 is 2.78 bits per heavy atom. The quantitative estimate of drug-likeness (QED) is 0.577. The first kappa shape index (κ1) is 14.2. The maximum atomic E-state index is 13.8. The van der Waals surface area contributed by atoms with Crippen molar-refractivity contribution < 1.29 is 18.7 Å². The van der Waals surface area contributed by atoms with Gasteiger partial charge in [-0.15, -0.1) is 6.58 Å². The molecular formula is C14H17FO3. The molecule has 0 radical (unpaired) electrons. The molecule has 0 aromatic heterocycles. The lowest BCUT2D eigenvalue weighted by molar-refractivity contribution is -0.142. The number of allylic oxidation sites excluding steroid dienone is 1. The van der Waals surface area contributed by atoms with E-state index in [1.165, 1.54) is 13.2 Å². The lowest BCUT2D eigenvalue weighted by atomic mass is 10.0. The molecule has 98 valence electrons. The number of ether oxygens (including phenoxy) is 2. The third kappa shape index (κ3) is 3.58. The van der Waals surface area contributed by atoms with Crippen LogP contribution in [0.1, 0.15) is 18.1 Å². The van der Waals surface area contributed by atoms with Crippen LogP contribution in [0.5, 0.6) is 5.75 Å². The molecule has 1 rings (SSSR count). The largest absolute Gasteiger partial charge is 0.493 e. The Bertz CT molecular complexity index is 441. The number of hydrogen-bond acceptors (Lipinski definition) is 3. The fraction of sp³-hybridized carbons (Fsp3) is 0.357. The van der Waals surface area contributed by atoms with Crippen LogP contribution < -0.4 is 4.74 Å². The molecule has 0 bridgehead atoms. The van der Waals surface area contributed by atoms with Gasteiger partial charge in [0, 0.05) is 5.56 Å². The SMILES string of the molecule is C=CCc1cc(F)c(OC)c(CC(=O)OCC)c1. The molecule has 0 amide bonds. The average molecular weight is 252 g/mol. The van der Waals surface area contributed by atoms with Crippen molar-refractivity contribution >= 4 is 5.97 Å². The van der Waals surface area contributed by atoms with Crippen molar-refractivity contribution in [3.8, 4) is 5.75 Å². The van der Waals surface area contributed by atoms with E-state index < -0.39 is 11.8 Å². The first-order valence-electron chi connectivity index (χ1n) is 5.74. The van der Waals surface area contributed by atoms with Crippen LogP contribution in [0.15, 0.2) is 24.8 Å². The van der Waals surface area contributed by atoms with E-state index in [0.29, 0.717) is 18.6 Å². The maximum Gasteiger partial charge on any atom is 0.310 e. The molecule has 0 saturated carbocycles. The standard InChI is InChI=1S/C14H17FO3/c1-4-6-10-7-11(9-13(16)18-5-2)14(17-3)12(15)8-10/h4,7-8H,1,5-6,9H2,2-3H3. The lowest BCUT2D eigenvalue weighted by Crippen LogP contribution is -2.09. The Balaban J connectivity index is 3.05. The molecule has 0 aliphatic rings. The van der Waals surface area contributed by atoms with Crippen LogP contribution in [-0.2, 0) is 22.4 Å². The van der Waals surface area contributed by atoms with Gasteiger partial charge in [-0.25, -0.2) is 4.39 Å². The number of methoxy groups -OCH3 is 1. The van der Waals surface area contributed by atoms with Gasteiger partial charge >= 0.3 is 5.97 Å². The molecule has 3 nitrogen and oxygen atoms in total. The van der Waals surface area contributed by atoms with Crippen LogP contribution >= 0.6 is 0 Å². The lowest BCUT2D eigenvalue weighted by Gasteiger charge is -2.11. The molecule has 0 fully saturated rings. The van der Waals surface area contributed by atoms with Crippen molar-refractivity contribution in [3.63, 3.8) is 0 Å². The van der Waals surface area contributed by atoms with Crippen LogP contribution in [0, 0.1) is 5.82 Å². The van der Waals surface area contributed by atoms with E-state index in [9.17, 15) is 9.18 Å². The summed E-state index contributed by atoms with van der Waals surface area (Å²) in [4.78, 5) is 11.4. The molecule has 0 heterocycles. The Hall–Kier alpha value is -1.84. The van der Waals surface area contributed by atoms with Gasteiger partial charge in [-0.2, -0.15) is 0 Å². The maximum absolute atomic E-state index is 13.8. The van der Waals surface area contributed by atoms with Gasteiger partial charge in [0.1, 0.15) is 0 Å². The molecule has 1 aromatic carbocycles. The fourth-order valence-electron chi connectivity index (χ4n) is 1.72. The van der Waals surface area contributed by atoms with Crippen molar-refractivity contribution in [2.24, 2.45) is 0 Å². The predicted octanol–water partition coefficient (Wildman–Crippen LogP) is 2.67. The summed E-state index contributed by atoms with van der Waals surface area (Å²) in [7, 11) is 1.38.